The van der Waals surface area contributed by atoms with Crippen LogP contribution in [0, 0.1) is 5.92 Å². The Kier molecular flexibility index (Phi) is 4.47. The summed E-state index contributed by atoms with van der Waals surface area (Å²) in [5.41, 5.74) is 0. The smallest absolute Gasteiger partial charge is 0.307 e. The maximum Gasteiger partial charge on any atom is 0.307 e. The van der Waals surface area contributed by atoms with E-state index < -0.39 is 22.1 Å². The molecule has 1 aliphatic carbocycles. The van der Waals surface area contributed by atoms with Gasteiger partial charge in [0.1, 0.15) is 0 Å². The summed E-state index contributed by atoms with van der Waals surface area (Å²) in [7, 11) is -3.56. The van der Waals surface area contributed by atoms with Crippen molar-refractivity contribution in [2.75, 3.05) is 6.54 Å². The maximum atomic E-state index is 12.3. The number of hydrogen-bond acceptors (Lipinski definition) is 3. The highest BCUT2D eigenvalue weighted by Gasteiger charge is 2.37. The van der Waals surface area contributed by atoms with Crippen molar-refractivity contribution in [1.82, 2.24) is 9.03 Å². The molecule has 1 aliphatic heterocycles. The average molecular weight is 290 g/mol. The van der Waals surface area contributed by atoms with Gasteiger partial charge >= 0.3 is 5.97 Å². The molecule has 0 aromatic heterocycles. The monoisotopic (exact) mass is 290 g/mol. The van der Waals surface area contributed by atoms with Gasteiger partial charge in [-0.2, -0.15) is 17.4 Å². The lowest BCUT2D eigenvalue weighted by Crippen LogP contribution is -2.53. The van der Waals surface area contributed by atoms with Crippen LogP contribution in [-0.2, 0) is 15.0 Å². The minimum Gasteiger partial charge on any atom is -0.481 e. The van der Waals surface area contributed by atoms with Crippen molar-refractivity contribution >= 4 is 16.2 Å². The predicted octanol–water partition coefficient (Wildman–Crippen LogP) is 0.948. The van der Waals surface area contributed by atoms with Crippen molar-refractivity contribution in [2.24, 2.45) is 5.92 Å². The van der Waals surface area contributed by atoms with Crippen LogP contribution in [0.15, 0.2) is 0 Å². The summed E-state index contributed by atoms with van der Waals surface area (Å²) < 4.78 is 28.7. The van der Waals surface area contributed by atoms with Crippen molar-refractivity contribution in [1.29, 1.82) is 0 Å². The third-order valence-electron chi connectivity index (χ3n) is 4.15. The molecule has 2 rings (SSSR count). The lowest BCUT2D eigenvalue weighted by atomic mass is 9.96. The number of nitrogens with zero attached hydrogens (tertiary/aromatic N) is 1. The van der Waals surface area contributed by atoms with Gasteiger partial charge in [-0.15, -0.1) is 0 Å². The van der Waals surface area contributed by atoms with E-state index in [1.807, 2.05) is 6.92 Å². The van der Waals surface area contributed by atoms with E-state index in [0.29, 0.717) is 12.8 Å². The Morgan fingerprint density at radius 1 is 1.21 bits per heavy atom. The molecule has 19 heavy (non-hydrogen) atoms. The Labute approximate surface area is 114 Å². The quantitative estimate of drug-likeness (QED) is 0.807. The molecule has 110 valence electrons. The first-order chi connectivity index (χ1) is 8.90. The summed E-state index contributed by atoms with van der Waals surface area (Å²) in [4.78, 5) is 11.0. The first-order valence-electron chi connectivity index (χ1n) is 6.92. The maximum absolute atomic E-state index is 12.3. The van der Waals surface area contributed by atoms with Crippen LogP contribution < -0.4 is 4.72 Å². The van der Waals surface area contributed by atoms with Gasteiger partial charge in [-0.3, -0.25) is 4.79 Å². The normalized spacial score (nSPS) is 30.6. The van der Waals surface area contributed by atoms with Gasteiger partial charge in [0.2, 0.25) is 0 Å². The van der Waals surface area contributed by atoms with Gasteiger partial charge in [0.25, 0.3) is 10.2 Å². The third-order valence-corrected chi connectivity index (χ3v) is 5.91. The number of rotatable bonds is 4. The van der Waals surface area contributed by atoms with Crippen molar-refractivity contribution in [3.63, 3.8) is 0 Å². The highest BCUT2D eigenvalue weighted by molar-refractivity contribution is 7.87. The number of carboxylic acid groups (broad SMARTS) is 1. The summed E-state index contributed by atoms with van der Waals surface area (Å²) in [5, 5.41) is 9.05. The third kappa shape index (κ3) is 3.46. The molecule has 2 atom stereocenters. The van der Waals surface area contributed by atoms with Crippen molar-refractivity contribution in [3.8, 4) is 0 Å². The fourth-order valence-electron chi connectivity index (χ4n) is 2.93. The molecule has 6 nitrogen and oxygen atoms in total. The molecule has 0 amide bonds. The molecular weight excluding hydrogens is 268 g/mol. The largest absolute Gasteiger partial charge is 0.481 e. The Morgan fingerprint density at radius 2 is 1.84 bits per heavy atom. The van der Waals surface area contributed by atoms with Crippen LogP contribution >= 0.6 is 0 Å². The predicted molar refractivity (Wildman–Crippen MR) is 70.8 cm³/mol. The second-order valence-electron chi connectivity index (χ2n) is 5.64. The number of carbonyl (C=O) groups is 1. The van der Waals surface area contributed by atoms with E-state index in [4.69, 9.17) is 5.11 Å². The van der Waals surface area contributed by atoms with Crippen LogP contribution in [0.4, 0.5) is 0 Å². The second kappa shape index (κ2) is 5.76. The Morgan fingerprint density at radius 3 is 2.42 bits per heavy atom. The molecule has 2 fully saturated rings. The first kappa shape index (κ1) is 14.7. The molecule has 0 bridgehead atoms. The molecular formula is C12H22N2O4S. The van der Waals surface area contributed by atoms with Crippen molar-refractivity contribution < 1.29 is 18.3 Å². The van der Waals surface area contributed by atoms with E-state index in [0.717, 1.165) is 25.7 Å². The number of nitrogens with one attached hydrogen (secondary N) is 1. The molecule has 1 saturated heterocycles. The number of hydrogen-bond donors (Lipinski definition) is 2. The van der Waals surface area contributed by atoms with Gasteiger partial charge in [-0.05, 0) is 32.6 Å². The van der Waals surface area contributed by atoms with E-state index >= 15 is 0 Å². The molecule has 7 heteroatoms. The number of aliphatic carboxylic acids is 1. The van der Waals surface area contributed by atoms with E-state index in [9.17, 15) is 13.2 Å². The van der Waals surface area contributed by atoms with Gasteiger partial charge in [0, 0.05) is 18.6 Å². The molecule has 1 saturated carbocycles. The van der Waals surface area contributed by atoms with Gasteiger partial charge in [0.15, 0.2) is 0 Å². The summed E-state index contributed by atoms with van der Waals surface area (Å²) >= 11 is 0. The summed E-state index contributed by atoms with van der Waals surface area (Å²) in [6.45, 7) is 1.92. The zero-order chi connectivity index (χ0) is 14.0. The van der Waals surface area contributed by atoms with Crippen LogP contribution in [-0.4, -0.2) is 42.4 Å². The lowest BCUT2D eigenvalue weighted by molar-refractivity contribution is -0.143. The van der Waals surface area contributed by atoms with E-state index in [1.165, 1.54) is 4.31 Å². The Balaban J connectivity index is 2.06. The average Bonchev–Trinajstić information content (AvgIpc) is 2.81. The van der Waals surface area contributed by atoms with Crippen LogP contribution in [0.2, 0.25) is 0 Å². The van der Waals surface area contributed by atoms with Gasteiger partial charge in [0.05, 0.1) is 5.92 Å². The fraction of sp³-hybridized carbons (Fsp3) is 0.917. The van der Waals surface area contributed by atoms with Crippen LogP contribution in [0.1, 0.15) is 45.4 Å². The van der Waals surface area contributed by atoms with E-state index in [1.54, 1.807) is 0 Å². The number of carboxylic acids is 1. The molecule has 2 N–H and O–H groups in total. The topological polar surface area (TPSA) is 86.7 Å². The van der Waals surface area contributed by atoms with Gasteiger partial charge in [-0.1, -0.05) is 12.8 Å². The molecule has 2 unspecified atom stereocenters. The highest BCUT2D eigenvalue weighted by Crippen LogP contribution is 2.26. The Bertz CT molecular complexity index is 431. The molecule has 0 spiro atoms. The fourth-order valence-corrected chi connectivity index (χ4v) is 4.68. The molecule has 0 aromatic carbocycles. The summed E-state index contributed by atoms with van der Waals surface area (Å²) in [5.74, 6) is -1.50. The zero-order valence-electron chi connectivity index (χ0n) is 11.2. The van der Waals surface area contributed by atoms with E-state index in [-0.39, 0.29) is 18.6 Å². The first-order valence-corrected chi connectivity index (χ1v) is 8.36. The lowest BCUT2D eigenvalue weighted by Gasteiger charge is -2.35. The minimum atomic E-state index is -3.56. The molecule has 2 aliphatic rings. The number of piperidine rings is 1. The van der Waals surface area contributed by atoms with E-state index in [2.05, 4.69) is 4.72 Å². The summed E-state index contributed by atoms with van der Waals surface area (Å²) in [6, 6.07) is -0.114. The van der Waals surface area contributed by atoms with Crippen LogP contribution in [0.5, 0.6) is 0 Å². The van der Waals surface area contributed by atoms with Gasteiger partial charge in [-0.25, -0.2) is 0 Å². The Hall–Kier alpha value is -0.660. The van der Waals surface area contributed by atoms with Crippen LogP contribution in [0.3, 0.4) is 0 Å². The minimum absolute atomic E-state index is 0.0161. The van der Waals surface area contributed by atoms with Crippen LogP contribution in [0.25, 0.3) is 0 Å². The molecule has 1 heterocycles. The second-order valence-corrected chi connectivity index (χ2v) is 7.29. The molecule has 0 radical (unpaired) electrons. The van der Waals surface area contributed by atoms with Crippen molar-refractivity contribution in [3.05, 3.63) is 0 Å². The SMILES string of the molecule is CC1CCC(C(=O)O)CN1S(=O)(=O)NC1CCCC1. The van der Waals surface area contributed by atoms with Crippen molar-refractivity contribution in [2.45, 2.75) is 57.5 Å². The highest BCUT2D eigenvalue weighted by atomic mass is 32.2. The zero-order valence-corrected chi connectivity index (χ0v) is 12.0. The standard InChI is InChI=1S/C12H22N2O4S/c1-9-6-7-10(12(15)16)8-14(9)19(17,18)13-11-4-2-3-5-11/h9-11,13H,2-8H2,1H3,(H,15,16). The molecule has 0 aromatic rings. The van der Waals surface area contributed by atoms with Gasteiger partial charge < -0.3 is 5.11 Å². The summed E-state index contributed by atoms with van der Waals surface area (Å²) in [6.07, 6.45) is 5.02.